The van der Waals surface area contributed by atoms with Crippen LogP contribution in [0.3, 0.4) is 0 Å². The number of carbonyl (C=O) groups is 2. The number of nitrogens with one attached hydrogen (secondary N) is 1. The van der Waals surface area contributed by atoms with Gasteiger partial charge in [0.15, 0.2) is 0 Å². The van der Waals surface area contributed by atoms with E-state index in [0.29, 0.717) is 12.3 Å². The molecule has 1 unspecified atom stereocenters. The fourth-order valence-electron chi connectivity index (χ4n) is 5.85. The largest absolute Gasteiger partial charge is 0.365 e. The number of carbonyl (C=O) groups excluding carboxylic acids is 2. The van der Waals surface area contributed by atoms with Gasteiger partial charge in [0.25, 0.3) is 0 Å². The van der Waals surface area contributed by atoms with Crippen LogP contribution < -0.4 is 0 Å². The zero-order valence-corrected chi connectivity index (χ0v) is 17.6. The molecular weight excluding hydrogens is 374 g/mol. The number of benzene rings is 1. The first-order chi connectivity index (χ1) is 14.7. The summed E-state index contributed by atoms with van der Waals surface area (Å²) in [7, 11) is 0. The van der Waals surface area contributed by atoms with E-state index in [1.165, 1.54) is 11.1 Å². The van der Waals surface area contributed by atoms with Crippen LogP contribution in [0.1, 0.15) is 61.3 Å². The predicted octanol–water partition coefficient (Wildman–Crippen LogP) is 3.62. The standard InChI is InChI=1S/C25H31N3O2/c29-23(10-9-19-6-5-13-26-19)27-16-11-25(12-17-27)18-21(20-7-1-2-8-22(20)25)24(30)28-14-3-4-15-28/h1-2,5-8,13,21,26H,3-4,9-12,14-18H2. The van der Waals surface area contributed by atoms with E-state index < -0.39 is 0 Å². The van der Waals surface area contributed by atoms with Crippen molar-refractivity contribution in [2.75, 3.05) is 26.2 Å². The summed E-state index contributed by atoms with van der Waals surface area (Å²) in [5.41, 5.74) is 3.76. The number of rotatable bonds is 4. The number of hydrogen-bond acceptors (Lipinski definition) is 2. The van der Waals surface area contributed by atoms with Crippen LogP contribution in [0.15, 0.2) is 42.6 Å². The maximum atomic E-state index is 13.3. The molecule has 0 saturated carbocycles. The third kappa shape index (κ3) is 3.44. The number of likely N-dealkylation sites (tertiary alicyclic amines) is 2. The van der Waals surface area contributed by atoms with Crippen molar-refractivity contribution in [2.45, 2.75) is 56.3 Å². The first-order valence-corrected chi connectivity index (χ1v) is 11.4. The molecule has 2 aromatic rings. The van der Waals surface area contributed by atoms with Crippen LogP contribution >= 0.6 is 0 Å². The number of nitrogens with zero attached hydrogens (tertiary/aromatic N) is 2. The van der Waals surface area contributed by atoms with Gasteiger partial charge in [-0.15, -0.1) is 0 Å². The van der Waals surface area contributed by atoms with Crippen molar-refractivity contribution < 1.29 is 9.59 Å². The molecule has 30 heavy (non-hydrogen) atoms. The van der Waals surface area contributed by atoms with Crippen molar-refractivity contribution in [3.63, 3.8) is 0 Å². The Hall–Kier alpha value is -2.56. The zero-order chi connectivity index (χ0) is 20.6. The number of fused-ring (bicyclic) bond motifs is 2. The lowest BCUT2D eigenvalue weighted by Crippen LogP contribution is -2.44. The maximum Gasteiger partial charge on any atom is 0.230 e. The second-order valence-corrected chi connectivity index (χ2v) is 9.23. The van der Waals surface area contributed by atoms with Gasteiger partial charge in [0.1, 0.15) is 0 Å². The lowest BCUT2D eigenvalue weighted by Gasteiger charge is -2.40. The number of hydrogen-bond donors (Lipinski definition) is 1. The Labute approximate surface area is 178 Å². The fraction of sp³-hybridized carbons (Fsp3) is 0.520. The summed E-state index contributed by atoms with van der Waals surface area (Å²) in [6, 6.07) is 12.6. The average molecular weight is 406 g/mol. The minimum atomic E-state index is -0.00516. The quantitative estimate of drug-likeness (QED) is 0.845. The van der Waals surface area contributed by atoms with Gasteiger partial charge in [-0.3, -0.25) is 9.59 Å². The van der Waals surface area contributed by atoms with E-state index in [-0.39, 0.29) is 17.2 Å². The van der Waals surface area contributed by atoms with Crippen LogP contribution in [-0.4, -0.2) is 52.8 Å². The molecule has 0 bridgehead atoms. The first kappa shape index (κ1) is 19.4. The van der Waals surface area contributed by atoms with Crippen LogP contribution in [-0.2, 0) is 21.4 Å². The normalized spacial score (nSPS) is 22.5. The van der Waals surface area contributed by atoms with Crippen LogP contribution in [0.5, 0.6) is 0 Å². The highest BCUT2D eigenvalue weighted by atomic mass is 16.2. The second kappa shape index (κ2) is 7.93. The van der Waals surface area contributed by atoms with Crippen molar-refractivity contribution in [2.24, 2.45) is 0 Å². The zero-order valence-electron chi connectivity index (χ0n) is 17.6. The van der Waals surface area contributed by atoms with Crippen LogP contribution in [0.25, 0.3) is 0 Å². The molecule has 1 aliphatic carbocycles. The second-order valence-electron chi connectivity index (χ2n) is 9.23. The third-order valence-electron chi connectivity index (χ3n) is 7.56. The van der Waals surface area contributed by atoms with Gasteiger partial charge in [0, 0.05) is 49.9 Å². The Bertz CT molecular complexity index is 906. The Morgan fingerprint density at radius 2 is 1.73 bits per heavy atom. The topological polar surface area (TPSA) is 56.4 Å². The highest BCUT2D eigenvalue weighted by Gasteiger charge is 2.48. The molecule has 1 aromatic heterocycles. The molecule has 3 heterocycles. The van der Waals surface area contributed by atoms with Gasteiger partial charge in [-0.2, -0.15) is 0 Å². The highest BCUT2D eigenvalue weighted by molar-refractivity contribution is 5.86. The van der Waals surface area contributed by atoms with Gasteiger partial charge in [0.05, 0.1) is 5.92 Å². The van der Waals surface area contributed by atoms with Gasteiger partial charge in [-0.25, -0.2) is 0 Å². The molecule has 2 fully saturated rings. The molecule has 0 radical (unpaired) electrons. The van der Waals surface area contributed by atoms with Crippen LogP contribution in [0, 0.1) is 0 Å². The van der Waals surface area contributed by atoms with E-state index in [0.717, 1.165) is 70.4 Å². The molecule has 1 N–H and O–H groups in total. The minimum absolute atomic E-state index is 0.00516. The predicted molar refractivity (Wildman–Crippen MR) is 116 cm³/mol. The summed E-state index contributed by atoms with van der Waals surface area (Å²) < 4.78 is 0. The van der Waals surface area contributed by atoms with Crippen LogP contribution in [0.2, 0.25) is 0 Å². The molecule has 2 saturated heterocycles. The number of aromatic amines is 1. The number of aromatic nitrogens is 1. The van der Waals surface area contributed by atoms with E-state index >= 15 is 0 Å². The van der Waals surface area contributed by atoms with Crippen molar-refractivity contribution in [3.05, 3.63) is 59.4 Å². The third-order valence-corrected chi connectivity index (χ3v) is 7.56. The monoisotopic (exact) mass is 405 g/mol. The Morgan fingerprint density at radius 3 is 2.47 bits per heavy atom. The molecule has 1 aromatic carbocycles. The SMILES string of the molecule is O=C(CCc1ccc[nH]1)N1CCC2(CC1)CC(C(=O)N1CCCC1)c1ccccc12. The average Bonchev–Trinajstić information content (AvgIpc) is 3.54. The Balaban J connectivity index is 1.27. The summed E-state index contributed by atoms with van der Waals surface area (Å²) in [6.07, 6.45) is 8.32. The molecule has 5 heteroatoms. The van der Waals surface area contributed by atoms with Gasteiger partial charge in [-0.1, -0.05) is 24.3 Å². The minimum Gasteiger partial charge on any atom is -0.365 e. The molecule has 1 spiro atoms. The summed E-state index contributed by atoms with van der Waals surface area (Å²) in [5, 5.41) is 0. The summed E-state index contributed by atoms with van der Waals surface area (Å²) in [4.78, 5) is 33.3. The highest BCUT2D eigenvalue weighted by Crippen LogP contribution is 2.52. The van der Waals surface area contributed by atoms with Crippen molar-refractivity contribution in [3.8, 4) is 0 Å². The summed E-state index contributed by atoms with van der Waals surface area (Å²) in [5.74, 6) is 0.561. The molecule has 2 aliphatic heterocycles. The van der Waals surface area contributed by atoms with Crippen molar-refractivity contribution >= 4 is 11.8 Å². The molecule has 2 amide bonds. The Morgan fingerprint density at radius 1 is 0.967 bits per heavy atom. The molecule has 1 atom stereocenters. The van der Waals surface area contributed by atoms with E-state index in [9.17, 15) is 9.59 Å². The summed E-state index contributed by atoms with van der Waals surface area (Å²) in [6.45, 7) is 3.41. The van der Waals surface area contributed by atoms with Gasteiger partial charge in [-0.05, 0) is 61.8 Å². The summed E-state index contributed by atoms with van der Waals surface area (Å²) >= 11 is 0. The van der Waals surface area contributed by atoms with Gasteiger partial charge >= 0.3 is 0 Å². The lowest BCUT2D eigenvalue weighted by molar-refractivity contribution is -0.134. The smallest absolute Gasteiger partial charge is 0.230 e. The van der Waals surface area contributed by atoms with E-state index in [2.05, 4.69) is 34.1 Å². The molecule has 5 nitrogen and oxygen atoms in total. The van der Waals surface area contributed by atoms with E-state index in [1.807, 2.05) is 23.2 Å². The number of aryl methyl sites for hydroxylation is 1. The fourth-order valence-corrected chi connectivity index (χ4v) is 5.85. The molecule has 3 aliphatic rings. The van der Waals surface area contributed by atoms with Crippen molar-refractivity contribution in [1.29, 1.82) is 0 Å². The first-order valence-electron chi connectivity index (χ1n) is 11.4. The van der Waals surface area contributed by atoms with Gasteiger partial charge < -0.3 is 14.8 Å². The van der Waals surface area contributed by atoms with E-state index in [1.54, 1.807) is 0 Å². The molecule has 5 rings (SSSR count). The van der Waals surface area contributed by atoms with Crippen molar-refractivity contribution in [1.82, 2.24) is 14.8 Å². The number of piperidine rings is 1. The van der Waals surface area contributed by atoms with Gasteiger partial charge in [0.2, 0.25) is 11.8 Å². The maximum absolute atomic E-state index is 13.3. The number of amides is 2. The number of H-pyrrole nitrogens is 1. The lowest BCUT2D eigenvalue weighted by atomic mass is 9.73. The Kier molecular flexibility index (Phi) is 5.13. The van der Waals surface area contributed by atoms with E-state index in [4.69, 9.17) is 0 Å². The molecular formula is C25H31N3O2. The van der Waals surface area contributed by atoms with Crippen LogP contribution in [0.4, 0.5) is 0 Å². The molecule has 158 valence electrons.